The molecule has 0 saturated heterocycles. The number of imidazole rings is 1. The number of nitrogens with zero attached hydrogens (tertiary/aromatic N) is 2. The zero-order valence-corrected chi connectivity index (χ0v) is 16.4. The molecule has 4 rings (SSSR count). The van der Waals surface area contributed by atoms with Crippen LogP contribution in [0.3, 0.4) is 0 Å². The van der Waals surface area contributed by atoms with Gasteiger partial charge >= 0.3 is 0 Å². The van der Waals surface area contributed by atoms with Crippen LogP contribution >= 0.6 is 0 Å². The van der Waals surface area contributed by atoms with Crippen molar-refractivity contribution in [3.8, 4) is 0 Å². The predicted molar refractivity (Wildman–Crippen MR) is 114 cm³/mol. The van der Waals surface area contributed by atoms with E-state index in [9.17, 15) is 9.59 Å². The van der Waals surface area contributed by atoms with Gasteiger partial charge in [0.1, 0.15) is 11.4 Å². The Labute approximate surface area is 168 Å². The lowest BCUT2D eigenvalue weighted by Gasteiger charge is -2.09. The minimum atomic E-state index is -0.403. The van der Waals surface area contributed by atoms with Crippen molar-refractivity contribution in [2.75, 3.05) is 5.32 Å². The van der Waals surface area contributed by atoms with Gasteiger partial charge in [-0.25, -0.2) is 4.98 Å². The van der Waals surface area contributed by atoms with E-state index in [2.05, 4.69) is 15.3 Å². The van der Waals surface area contributed by atoms with Gasteiger partial charge in [0.2, 0.25) is 0 Å². The SMILES string of the molecule is Cc1ccc(C(=O)Nc2cccc(CCc3nc4ccccc4[nH]3)c2)c(=O)n1C. The Kier molecular flexibility index (Phi) is 4.99. The van der Waals surface area contributed by atoms with E-state index in [0.717, 1.165) is 41.0 Å². The molecule has 0 aliphatic rings. The van der Waals surface area contributed by atoms with E-state index in [-0.39, 0.29) is 11.1 Å². The lowest BCUT2D eigenvalue weighted by atomic mass is 10.1. The molecule has 4 aromatic rings. The molecule has 2 heterocycles. The van der Waals surface area contributed by atoms with Crippen molar-refractivity contribution in [3.63, 3.8) is 0 Å². The molecule has 6 heteroatoms. The number of amides is 1. The lowest BCUT2D eigenvalue weighted by Crippen LogP contribution is -2.28. The number of hydrogen-bond donors (Lipinski definition) is 2. The summed E-state index contributed by atoms with van der Waals surface area (Å²) in [5.74, 6) is 0.531. The molecule has 2 N–H and O–H groups in total. The van der Waals surface area contributed by atoms with Gasteiger partial charge in [-0.05, 0) is 55.3 Å². The Hall–Kier alpha value is -3.67. The highest BCUT2D eigenvalue weighted by Gasteiger charge is 2.13. The van der Waals surface area contributed by atoms with Crippen LogP contribution in [0.4, 0.5) is 5.69 Å². The number of carbonyl (C=O) groups excluding carboxylic acids is 1. The van der Waals surface area contributed by atoms with Crippen LogP contribution < -0.4 is 10.9 Å². The number of hydrogen-bond acceptors (Lipinski definition) is 3. The fourth-order valence-corrected chi connectivity index (χ4v) is 3.29. The third-order valence-corrected chi connectivity index (χ3v) is 5.07. The molecular formula is C23H22N4O2. The van der Waals surface area contributed by atoms with Crippen LogP contribution in [0, 0.1) is 6.92 Å². The molecule has 0 saturated carbocycles. The highest BCUT2D eigenvalue weighted by atomic mass is 16.2. The van der Waals surface area contributed by atoms with Crippen molar-refractivity contribution < 1.29 is 4.79 Å². The van der Waals surface area contributed by atoms with Gasteiger partial charge in [-0.1, -0.05) is 24.3 Å². The molecule has 29 heavy (non-hydrogen) atoms. The second kappa shape index (κ2) is 7.75. The summed E-state index contributed by atoms with van der Waals surface area (Å²) >= 11 is 0. The maximum absolute atomic E-state index is 12.5. The maximum Gasteiger partial charge on any atom is 0.263 e. The van der Waals surface area contributed by atoms with Crippen LogP contribution in [0.15, 0.2) is 65.5 Å². The third-order valence-electron chi connectivity index (χ3n) is 5.07. The summed E-state index contributed by atoms with van der Waals surface area (Å²) in [4.78, 5) is 32.8. The number of pyridine rings is 1. The van der Waals surface area contributed by atoms with Gasteiger partial charge in [-0.3, -0.25) is 9.59 Å². The van der Waals surface area contributed by atoms with E-state index in [4.69, 9.17) is 0 Å². The molecule has 0 fully saturated rings. The van der Waals surface area contributed by atoms with Crippen molar-refractivity contribution in [3.05, 3.63) is 93.7 Å². The standard InChI is InChI=1S/C23H22N4O2/c1-15-10-12-18(23(29)27(15)2)22(28)24-17-7-5-6-16(14-17)11-13-21-25-19-8-3-4-9-20(19)26-21/h3-10,12,14H,11,13H2,1-2H3,(H,24,28)(H,25,26). The van der Waals surface area contributed by atoms with Crippen LogP contribution in [0.5, 0.6) is 0 Å². The second-order valence-electron chi connectivity index (χ2n) is 7.11. The number of rotatable bonds is 5. The van der Waals surface area contributed by atoms with Gasteiger partial charge in [0, 0.05) is 24.8 Å². The number of benzene rings is 2. The van der Waals surface area contributed by atoms with Gasteiger partial charge in [-0.2, -0.15) is 0 Å². The second-order valence-corrected chi connectivity index (χ2v) is 7.11. The van der Waals surface area contributed by atoms with Gasteiger partial charge in [0.25, 0.3) is 11.5 Å². The molecular weight excluding hydrogens is 364 g/mol. The summed E-state index contributed by atoms with van der Waals surface area (Å²) in [6.45, 7) is 1.83. The number of aromatic nitrogens is 3. The van der Waals surface area contributed by atoms with Crippen LogP contribution in [0.2, 0.25) is 0 Å². The average molecular weight is 386 g/mol. The number of fused-ring (bicyclic) bond motifs is 1. The fourth-order valence-electron chi connectivity index (χ4n) is 3.29. The maximum atomic E-state index is 12.5. The van der Waals surface area contributed by atoms with E-state index in [1.807, 2.05) is 55.5 Å². The third kappa shape index (κ3) is 3.96. The normalized spacial score (nSPS) is 11.0. The highest BCUT2D eigenvalue weighted by molar-refractivity contribution is 6.04. The Morgan fingerprint density at radius 1 is 1.07 bits per heavy atom. The van der Waals surface area contributed by atoms with E-state index in [0.29, 0.717) is 5.69 Å². The number of aromatic amines is 1. The zero-order valence-electron chi connectivity index (χ0n) is 16.4. The summed E-state index contributed by atoms with van der Waals surface area (Å²) in [6.07, 6.45) is 1.56. The smallest absolute Gasteiger partial charge is 0.263 e. The number of nitrogens with one attached hydrogen (secondary N) is 2. The predicted octanol–water partition coefficient (Wildman–Crippen LogP) is 3.61. The number of carbonyl (C=O) groups is 1. The van der Waals surface area contributed by atoms with Crippen molar-refractivity contribution >= 4 is 22.6 Å². The number of aryl methyl sites for hydroxylation is 3. The highest BCUT2D eigenvalue weighted by Crippen LogP contribution is 2.15. The molecule has 0 aliphatic carbocycles. The molecule has 1 amide bonds. The average Bonchev–Trinajstić information content (AvgIpc) is 3.14. The molecule has 2 aromatic heterocycles. The topological polar surface area (TPSA) is 79.8 Å². The van der Waals surface area contributed by atoms with E-state index >= 15 is 0 Å². The molecule has 0 spiro atoms. The van der Waals surface area contributed by atoms with E-state index < -0.39 is 5.91 Å². The summed E-state index contributed by atoms with van der Waals surface area (Å²) in [5.41, 5.74) is 4.37. The van der Waals surface area contributed by atoms with Crippen molar-refractivity contribution in [1.82, 2.24) is 14.5 Å². The number of anilines is 1. The summed E-state index contributed by atoms with van der Waals surface area (Å²) in [5, 5.41) is 2.83. The van der Waals surface area contributed by atoms with E-state index in [1.54, 1.807) is 19.2 Å². The summed E-state index contributed by atoms with van der Waals surface area (Å²) < 4.78 is 1.47. The first-order valence-electron chi connectivity index (χ1n) is 9.52. The minimum absolute atomic E-state index is 0.130. The Morgan fingerprint density at radius 3 is 2.72 bits per heavy atom. The lowest BCUT2D eigenvalue weighted by molar-refractivity contribution is 0.102. The minimum Gasteiger partial charge on any atom is -0.342 e. The molecule has 0 aliphatic heterocycles. The zero-order chi connectivity index (χ0) is 20.4. The van der Waals surface area contributed by atoms with Crippen LogP contribution in [-0.4, -0.2) is 20.4 Å². The molecule has 146 valence electrons. The van der Waals surface area contributed by atoms with Crippen LogP contribution in [-0.2, 0) is 19.9 Å². The van der Waals surface area contributed by atoms with Gasteiger partial charge in [-0.15, -0.1) is 0 Å². The van der Waals surface area contributed by atoms with Crippen LogP contribution in [0.1, 0.15) is 27.4 Å². The largest absolute Gasteiger partial charge is 0.342 e. The van der Waals surface area contributed by atoms with E-state index in [1.165, 1.54) is 4.57 Å². The molecule has 6 nitrogen and oxygen atoms in total. The summed E-state index contributed by atoms with van der Waals surface area (Å²) in [7, 11) is 1.66. The first-order valence-corrected chi connectivity index (χ1v) is 9.52. The van der Waals surface area contributed by atoms with Crippen LogP contribution in [0.25, 0.3) is 11.0 Å². The quantitative estimate of drug-likeness (QED) is 0.550. The molecule has 0 unspecified atom stereocenters. The molecule has 0 radical (unpaired) electrons. The first-order chi connectivity index (χ1) is 14.0. The molecule has 0 atom stereocenters. The Balaban J connectivity index is 1.46. The number of H-pyrrole nitrogens is 1. The van der Waals surface area contributed by atoms with Crippen molar-refractivity contribution in [2.24, 2.45) is 7.05 Å². The Morgan fingerprint density at radius 2 is 1.90 bits per heavy atom. The van der Waals surface area contributed by atoms with Gasteiger partial charge < -0.3 is 14.9 Å². The molecule has 2 aromatic carbocycles. The van der Waals surface area contributed by atoms with Crippen molar-refractivity contribution in [2.45, 2.75) is 19.8 Å². The summed E-state index contributed by atoms with van der Waals surface area (Å²) in [6, 6.07) is 19.0. The molecule has 0 bridgehead atoms. The fraction of sp³-hybridized carbons (Fsp3) is 0.174. The van der Waals surface area contributed by atoms with Gasteiger partial charge in [0.15, 0.2) is 0 Å². The number of para-hydroxylation sites is 2. The monoisotopic (exact) mass is 386 g/mol. The first kappa shape index (κ1) is 18.7. The Bertz CT molecular complexity index is 1220. The van der Waals surface area contributed by atoms with Crippen molar-refractivity contribution in [1.29, 1.82) is 0 Å². The van der Waals surface area contributed by atoms with Gasteiger partial charge in [0.05, 0.1) is 11.0 Å².